The van der Waals surface area contributed by atoms with Crippen molar-refractivity contribution in [2.45, 2.75) is 161 Å². The standard InChI is InChI=1S/C40H62O6S2.C7H7F.C6H5F.2C2H6/c1-7-11-17-39(9-3)27-47-35-15-13-31(25-33(35)29(5)37(39)41)45-23-21-43-19-20-44-22-24-46-32-14-16-36-34(26-32)30(6)38(42)40(10-4,28-48-36)18-12-8-2;1-6-2-4-7(8)5-3-6;7-6-4-2-1-3-5-6;2*1-2/h13-16,25-26,29-30,37-38,41-42H,7-12,17-24,27-28H2,1-6H3;2-5H,1H3;1-5H;2*1-2H3/t29-,30+,37-,38+,39-,40+;;;;. The fourth-order valence-electron chi connectivity index (χ4n) is 8.40. The Morgan fingerprint density at radius 1 is 0.552 bits per heavy atom. The van der Waals surface area contributed by atoms with Gasteiger partial charge in [-0.15, -0.1) is 23.5 Å². The quantitative estimate of drug-likeness (QED) is 0.0900. The van der Waals surface area contributed by atoms with Crippen LogP contribution in [0.1, 0.15) is 149 Å². The Bertz CT molecular complexity index is 1770. The molecule has 0 bridgehead atoms. The minimum Gasteiger partial charge on any atom is -0.491 e. The number of hydrogen-bond acceptors (Lipinski definition) is 8. The summed E-state index contributed by atoms with van der Waals surface area (Å²) in [5.74, 6) is 3.35. The Morgan fingerprint density at radius 2 is 0.940 bits per heavy atom. The Hall–Kier alpha value is -3.12. The fourth-order valence-corrected chi connectivity index (χ4v) is 11.5. The molecular weight excluding hydrogens is 883 g/mol. The zero-order valence-electron chi connectivity index (χ0n) is 42.9. The Labute approximate surface area is 413 Å². The van der Waals surface area contributed by atoms with Gasteiger partial charge in [0.15, 0.2) is 0 Å². The summed E-state index contributed by atoms with van der Waals surface area (Å²) in [5.41, 5.74) is 3.38. The monoisotopic (exact) mass is 969 g/mol. The Balaban J connectivity index is 0.000000673. The number of halogens is 2. The van der Waals surface area contributed by atoms with Crippen LogP contribution in [-0.2, 0) is 9.47 Å². The summed E-state index contributed by atoms with van der Waals surface area (Å²) in [6.07, 6.45) is 8.03. The van der Waals surface area contributed by atoms with Crippen LogP contribution in [0.5, 0.6) is 11.5 Å². The summed E-state index contributed by atoms with van der Waals surface area (Å²) < 4.78 is 47.6. The van der Waals surface area contributed by atoms with Crippen molar-refractivity contribution >= 4 is 23.5 Å². The number of ether oxygens (including phenoxy) is 4. The molecular formula is C57H86F2O6S2. The molecule has 2 aliphatic heterocycles. The maximum Gasteiger partial charge on any atom is 0.123 e. The van der Waals surface area contributed by atoms with E-state index in [2.05, 4.69) is 65.8 Å². The highest BCUT2D eigenvalue weighted by molar-refractivity contribution is 7.99. The first kappa shape index (κ1) is 60.0. The van der Waals surface area contributed by atoms with Gasteiger partial charge in [-0.05, 0) is 104 Å². The molecule has 6 rings (SSSR count). The Morgan fingerprint density at radius 3 is 1.28 bits per heavy atom. The molecule has 4 aromatic carbocycles. The van der Waals surface area contributed by atoms with Gasteiger partial charge in [-0.2, -0.15) is 0 Å². The normalized spacial score (nSPS) is 21.6. The van der Waals surface area contributed by atoms with Crippen LogP contribution in [0.15, 0.2) is 101 Å². The third kappa shape index (κ3) is 19.3. The fraction of sp³-hybridized carbons (Fsp3) is 0.579. The lowest BCUT2D eigenvalue weighted by Crippen LogP contribution is -2.39. The number of aliphatic hydroxyl groups is 2. The molecule has 0 fully saturated rings. The van der Waals surface area contributed by atoms with Gasteiger partial charge < -0.3 is 29.2 Å². The predicted octanol–water partition coefficient (Wildman–Crippen LogP) is 15.5. The topological polar surface area (TPSA) is 77.4 Å². The van der Waals surface area contributed by atoms with Gasteiger partial charge >= 0.3 is 0 Å². The van der Waals surface area contributed by atoms with Crippen molar-refractivity contribution in [3.05, 3.63) is 119 Å². The van der Waals surface area contributed by atoms with Crippen LogP contribution >= 0.6 is 23.5 Å². The van der Waals surface area contributed by atoms with Gasteiger partial charge in [0.2, 0.25) is 0 Å². The number of benzene rings is 4. The van der Waals surface area contributed by atoms with Gasteiger partial charge in [0, 0.05) is 44.0 Å². The molecule has 2 N–H and O–H groups in total. The summed E-state index contributed by atoms with van der Waals surface area (Å²) in [6.45, 7) is 26.0. The minimum absolute atomic E-state index is 0.0403. The SMILES string of the molecule is CC.CC.CCCC[C@]1(CC)CSc2ccc(OCCOCCOCCOc3ccc4c(c3)[C@H](C)[C@H](O)[C@@](CC)(CCCC)CS4)cc2[C@@H](C)[C@H]1O.Cc1ccc(F)cc1.Fc1ccccc1. The van der Waals surface area contributed by atoms with Crippen LogP contribution in [0, 0.1) is 29.4 Å². The molecule has 0 amide bonds. The molecule has 6 atom stereocenters. The van der Waals surface area contributed by atoms with Crippen molar-refractivity contribution in [2.24, 2.45) is 10.8 Å². The first-order chi connectivity index (χ1) is 32.4. The summed E-state index contributed by atoms with van der Waals surface area (Å²) in [4.78, 5) is 2.52. The molecule has 6 nitrogen and oxygen atoms in total. The summed E-state index contributed by atoms with van der Waals surface area (Å²) in [7, 11) is 0. The van der Waals surface area contributed by atoms with Crippen molar-refractivity contribution in [1.82, 2.24) is 0 Å². The first-order valence-corrected chi connectivity index (χ1v) is 27.1. The van der Waals surface area contributed by atoms with Crippen molar-refractivity contribution in [1.29, 1.82) is 0 Å². The number of aryl methyl sites for hydroxylation is 1. The van der Waals surface area contributed by atoms with Gasteiger partial charge in [-0.3, -0.25) is 0 Å². The summed E-state index contributed by atoms with van der Waals surface area (Å²) in [5, 5.41) is 22.9. The maximum atomic E-state index is 12.1. The van der Waals surface area contributed by atoms with E-state index >= 15 is 0 Å². The average molecular weight is 969 g/mol. The number of unbranched alkanes of at least 4 members (excludes halogenated alkanes) is 2. The van der Waals surface area contributed by atoms with Crippen molar-refractivity contribution in [3.8, 4) is 11.5 Å². The van der Waals surface area contributed by atoms with Crippen LogP contribution in [0.25, 0.3) is 0 Å². The lowest BCUT2D eigenvalue weighted by Gasteiger charge is -2.38. The molecule has 0 unspecified atom stereocenters. The molecule has 0 radical (unpaired) electrons. The molecule has 0 spiro atoms. The molecule has 2 heterocycles. The number of rotatable bonds is 19. The highest BCUT2D eigenvalue weighted by atomic mass is 32.2. The minimum atomic E-state index is -0.358. The average Bonchev–Trinajstić information content (AvgIpc) is 3.53. The number of fused-ring (bicyclic) bond motifs is 2. The third-order valence-electron chi connectivity index (χ3n) is 12.7. The molecule has 4 aromatic rings. The maximum absolute atomic E-state index is 12.1. The zero-order chi connectivity index (χ0) is 49.7. The lowest BCUT2D eigenvalue weighted by atomic mass is 9.71. The van der Waals surface area contributed by atoms with Gasteiger partial charge in [0.05, 0.1) is 38.6 Å². The highest BCUT2D eigenvalue weighted by Gasteiger charge is 2.43. The van der Waals surface area contributed by atoms with Crippen molar-refractivity contribution < 1.29 is 37.9 Å². The van der Waals surface area contributed by atoms with E-state index in [9.17, 15) is 19.0 Å². The van der Waals surface area contributed by atoms with Crippen molar-refractivity contribution in [2.75, 3.05) is 51.1 Å². The molecule has 0 saturated carbocycles. The lowest BCUT2D eigenvalue weighted by molar-refractivity contribution is 0.0132. The smallest absolute Gasteiger partial charge is 0.123 e. The zero-order valence-corrected chi connectivity index (χ0v) is 44.5. The van der Waals surface area contributed by atoms with E-state index in [0.29, 0.717) is 39.6 Å². The second kappa shape index (κ2) is 33.4. The summed E-state index contributed by atoms with van der Waals surface area (Å²) >= 11 is 3.77. The Kier molecular flexibility index (Phi) is 29.9. The number of hydrogen-bond donors (Lipinski definition) is 2. The molecule has 376 valence electrons. The van der Waals surface area contributed by atoms with Gasteiger partial charge in [0.1, 0.15) is 36.3 Å². The predicted molar refractivity (Wildman–Crippen MR) is 281 cm³/mol. The van der Waals surface area contributed by atoms with E-state index in [-0.39, 0.29) is 46.5 Å². The van der Waals surface area contributed by atoms with Gasteiger partial charge in [-0.25, -0.2) is 8.78 Å². The molecule has 67 heavy (non-hydrogen) atoms. The van der Waals surface area contributed by atoms with E-state index in [0.717, 1.165) is 79.9 Å². The van der Waals surface area contributed by atoms with E-state index < -0.39 is 0 Å². The molecule has 0 aliphatic carbocycles. The van der Waals surface area contributed by atoms with Crippen molar-refractivity contribution in [3.63, 3.8) is 0 Å². The van der Waals surface area contributed by atoms with E-state index in [1.807, 2.05) is 70.3 Å². The van der Waals surface area contributed by atoms with Crippen LogP contribution in [0.2, 0.25) is 0 Å². The molecule has 2 aliphatic rings. The third-order valence-corrected chi connectivity index (χ3v) is 15.6. The van der Waals surface area contributed by atoms with Crippen LogP contribution in [0.3, 0.4) is 0 Å². The largest absolute Gasteiger partial charge is 0.491 e. The van der Waals surface area contributed by atoms with Gasteiger partial charge in [0.25, 0.3) is 0 Å². The first-order valence-electron chi connectivity index (χ1n) is 25.2. The number of thioether (sulfide) groups is 2. The second-order valence-electron chi connectivity index (χ2n) is 17.1. The summed E-state index contributed by atoms with van der Waals surface area (Å²) in [6, 6.07) is 26.9. The van der Waals surface area contributed by atoms with Gasteiger partial charge in [-0.1, -0.05) is 131 Å². The molecule has 0 saturated heterocycles. The van der Waals surface area contributed by atoms with E-state index in [1.165, 1.54) is 45.2 Å². The highest BCUT2D eigenvalue weighted by Crippen LogP contribution is 2.50. The second-order valence-corrected chi connectivity index (χ2v) is 19.1. The van der Waals surface area contributed by atoms with E-state index in [4.69, 9.17) is 18.9 Å². The van der Waals surface area contributed by atoms with Crippen LogP contribution in [0.4, 0.5) is 8.78 Å². The molecule has 10 heteroatoms. The van der Waals surface area contributed by atoms with Crippen LogP contribution in [-0.4, -0.2) is 73.6 Å². The number of aliphatic hydroxyl groups excluding tert-OH is 2. The van der Waals surface area contributed by atoms with E-state index in [1.54, 1.807) is 30.3 Å². The van der Waals surface area contributed by atoms with Crippen LogP contribution < -0.4 is 9.47 Å². The molecule has 0 aromatic heterocycles.